The molecule has 0 aliphatic carbocycles. The highest BCUT2D eigenvalue weighted by Crippen LogP contribution is 2.28. The van der Waals surface area contributed by atoms with E-state index >= 15 is 0 Å². The van der Waals surface area contributed by atoms with Gasteiger partial charge in [0.2, 0.25) is 11.8 Å². The molecule has 3 heterocycles. The fourth-order valence-corrected chi connectivity index (χ4v) is 3.63. The average Bonchev–Trinajstić information content (AvgIpc) is 2.86. The molecule has 132 valence electrons. The number of amides is 3. The van der Waals surface area contributed by atoms with E-state index in [-0.39, 0.29) is 24.1 Å². The third kappa shape index (κ3) is 3.17. The van der Waals surface area contributed by atoms with E-state index in [1.807, 2.05) is 18.2 Å². The molecule has 7 heteroatoms. The lowest BCUT2D eigenvalue weighted by molar-refractivity contribution is -0.136. The molecule has 1 aromatic carbocycles. The van der Waals surface area contributed by atoms with Crippen LogP contribution in [0, 0.1) is 0 Å². The molecular formula is C18H22N4O3. The van der Waals surface area contributed by atoms with Gasteiger partial charge in [0.05, 0.1) is 0 Å². The zero-order chi connectivity index (χ0) is 17.4. The zero-order valence-corrected chi connectivity index (χ0v) is 14.0. The third-order valence-electron chi connectivity index (χ3n) is 5.24. The van der Waals surface area contributed by atoms with Crippen molar-refractivity contribution in [3.8, 4) is 0 Å². The van der Waals surface area contributed by atoms with Crippen molar-refractivity contribution in [2.75, 3.05) is 13.1 Å². The van der Waals surface area contributed by atoms with Crippen LogP contribution in [0.1, 0.15) is 40.7 Å². The fourth-order valence-electron chi connectivity index (χ4n) is 3.63. The monoisotopic (exact) mass is 342 g/mol. The summed E-state index contributed by atoms with van der Waals surface area (Å²) in [7, 11) is 0. The predicted octanol–water partition coefficient (Wildman–Crippen LogP) is -0.101. The van der Waals surface area contributed by atoms with Gasteiger partial charge in [-0.15, -0.1) is 0 Å². The number of fused-ring (bicyclic) bond motifs is 1. The summed E-state index contributed by atoms with van der Waals surface area (Å²) in [6.07, 6.45) is 1.88. The predicted molar refractivity (Wildman–Crippen MR) is 90.6 cm³/mol. The van der Waals surface area contributed by atoms with Gasteiger partial charge in [-0.2, -0.15) is 0 Å². The summed E-state index contributed by atoms with van der Waals surface area (Å²) in [5.74, 6) is -0.751. The first-order valence-electron chi connectivity index (χ1n) is 8.82. The number of nitrogens with zero attached hydrogens (tertiary/aromatic N) is 1. The summed E-state index contributed by atoms with van der Waals surface area (Å²) in [5.41, 5.74) is 2.68. The number of carbonyl (C=O) groups excluding carboxylic acids is 3. The maximum absolute atomic E-state index is 12.7. The number of hydrogen-bond donors (Lipinski definition) is 3. The van der Waals surface area contributed by atoms with E-state index < -0.39 is 6.04 Å². The van der Waals surface area contributed by atoms with E-state index in [4.69, 9.17) is 0 Å². The number of benzene rings is 1. The van der Waals surface area contributed by atoms with E-state index in [0.717, 1.165) is 30.8 Å². The molecule has 25 heavy (non-hydrogen) atoms. The molecule has 0 aromatic heterocycles. The highest BCUT2D eigenvalue weighted by atomic mass is 16.2. The van der Waals surface area contributed by atoms with Crippen LogP contribution >= 0.6 is 0 Å². The second-order valence-corrected chi connectivity index (χ2v) is 6.96. The van der Waals surface area contributed by atoms with Crippen LogP contribution in [0.4, 0.5) is 0 Å². The zero-order valence-electron chi connectivity index (χ0n) is 14.0. The molecule has 3 N–H and O–H groups in total. The Morgan fingerprint density at radius 2 is 2.04 bits per heavy atom. The van der Waals surface area contributed by atoms with Crippen molar-refractivity contribution < 1.29 is 14.4 Å². The van der Waals surface area contributed by atoms with E-state index in [1.165, 1.54) is 6.42 Å². The van der Waals surface area contributed by atoms with Crippen molar-refractivity contribution in [1.29, 1.82) is 0 Å². The van der Waals surface area contributed by atoms with Gasteiger partial charge >= 0.3 is 0 Å². The summed E-state index contributed by atoms with van der Waals surface area (Å²) in [5, 5.41) is 9.08. The summed E-state index contributed by atoms with van der Waals surface area (Å²) < 4.78 is 0. The molecule has 0 spiro atoms. The highest BCUT2D eigenvalue weighted by Gasteiger charge is 2.39. The molecule has 0 bridgehead atoms. The van der Waals surface area contributed by atoms with Crippen molar-refractivity contribution in [2.45, 2.75) is 44.4 Å². The van der Waals surface area contributed by atoms with E-state index in [0.29, 0.717) is 24.6 Å². The molecule has 2 saturated heterocycles. The van der Waals surface area contributed by atoms with Crippen molar-refractivity contribution in [1.82, 2.24) is 20.9 Å². The minimum atomic E-state index is -0.552. The molecule has 4 rings (SSSR count). The molecule has 3 aliphatic rings. The Labute approximate surface area is 146 Å². The molecule has 1 unspecified atom stereocenters. The highest BCUT2D eigenvalue weighted by molar-refractivity contribution is 6.05. The van der Waals surface area contributed by atoms with Crippen molar-refractivity contribution in [3.05, 3.63) is 34.9 Å². The summed E-state index contributed by atoms with van der Waals surface area (Å²) in [6, 6.07) is 5.92. The lowest BCUT2D eigenvalue weighted by Crippen LogP contribution is -2.52. The van der Waals surface area contributed by atoms with Crippen LogP contribution in [0.25, 0.3) is 0 Å². The van der Waals surface area contributed by atoms with Gasteiger partial charge in [-0.25, -0.2) is 0 Å². The molecule has 1 aromatic rings. The molecule has 3 amide bonds. The molecule has 7 nitrogen and oxygen atoms in total. The first kappa shape index (κ1) is 16.2. The minimum absolute atomic E-state index is 0.119. The first-order valence-corrected chi connectivity index (χ1v) is 8.82. The third-order valence-corrected chi connectivity index (χ3v) is 5.24. The Balaban J connectivity index is 1.42. The number of hydrogen-bond acceptors (Lipinski definition) is 5. The average molecular weight is 342 g/mol. The van der Waals surface area contributed by atoms with Gasteiger partial charge in [-0.3, -0.25) is 19.7 Å². The normalized spacial score (nSPS) is 25.6. The van der Waals surface area contributed by atoms with Gasteiger partial charge in [-0.1, -0.05) is 12.1 Å². The van der Waals surface area contributed by atoms with Gasteiger partial charge < -0.3 is 15.5 Å². The molecule has 3 aliphatic heterocycles. The summed E-state index contributed by atoms with van der Waals surface area (Å²) >= 11 is 0. The lowest BCUT2D eigenvalue weighted by Gasteiger charge is -2.29. The Hall–Kier alpha value is -2.25. The largest absolute Gasteiger partial charge is 0.322 e. The molecule has 0 radical (unpaired) electrons. The second kappa shape index (κ2) is 6.57. The molecule has 2 fully saturated rings. The maximum atomic E-state index is 12.7. The molecule has 2 atom stereocenters. The quantitative estimate of drug-likeness (QED) is 0.650. The summed E-state index contributed by atoms with van der Waals surface area (Å²) in [6.45, 7) is 3.17. The summed E-state index contributed by atoms with van der Waals surface area (Å²) in [4.78, 5) is 37.7. The van der Waals surface area contributed by atoms with Crippen molar-refractivity contribution in [3.63, 3.8) is 0 Å². The topological polar surface area (TPSA) is 90.5 Å². The Morgan fingerprint density at radius 3 is 2.76 bits per heavy atom. The molecule has 0 saturated carbocycles. The van der Waals surface area contributed by atoms with Crippen LogP contribution in [0.3, 0.4) is 0 Å². The number of piperidine rings is 1. The maximum Gasteiger partial charge on any atom is 0.255 e. The smallest absolute Gasteiger partial charge is 0.255 e. The SMILES string of the molecule is O=C1CCC(N2Cc3ccc(CNC[C@H]4CCN4)cc3C2=O)C(=O)N1. The number of nitrogens with one attached hydrogen (secondary N) is 3. The van der Waals surface area contributed by atoms with Crippen LogP contribution in [-0.4, -0.2) is 47.8 Å². The Kier molecular flexibility index (Phi) is 4.27. The Bertz CT molecular complexity index is 729. The van der Waals surface area contributed by atoms with Crippen LogP contribution in [0.15, 0.2) is 18.2 Å². The standard InChI is InChI=1S/C18H22N4O3/c23-16-4-3-15(17(24)21-16)22-10-12-2-1-11(7-14(12)18(22)25)8-19-9-13-5-6-20-13/h1-2,7,13,15,19-20H,3-6,8-10H2,(H,21,23,24)/t13-,15?/m1/s1. The first-order chi connectivity index (χ1) is 12.1. The van der Waals surface area contributed by atoms with Crippen LogP contribution in [0.2, 0.25) is 0 Å². The van der Waals surface area contributed by atoms with E-state index in [1.54, 1.807) is 4.90 Å². The Morgan fingerprint density at radius 1 is 1.20 bits per heavy atom. The lowest BCUT2D eigenvalue weighted by atomic mass is 10.0. The fraction of sp³-hybridized carbons (Fsp3) is 0.500. The van der Waals surface area contributed by atoms with Gasteiger partial charge in [0.15, 0.2) is 0 Å². The van der Waals surface area contributed by atoms with Crippen LogP contribution < -0.4 is 16.0 Å². The molecular weight excluding hydrogens is 320 g/mol. The van der Waals surface area contributed by atoms with Gasteiger partial charge in [0, 0.05) is 37.7 Å². The van der Waals surface area contributed by atoms with Crippen molar-refractivity contribution in [2.24, 2.45) is 0 Å². The van der Waals surface area contributed by atoms with E-state index in [9.17, 15) is 14.4 Å². The number of imide groups is 1. The minimum Gasteiger partial charge on any atom is -0.322 e. The van der Waals surface area contributed by atoms with Crippen molar-refractivity contribution >= 4 is 17.7 Å². The van der Waals surface area contributed by atoms with Gasteiger partial charge in [0.1, 0.15) is 6.04 Å². The van der Waals surface area contributed by atoms with Gasteiger partial charge in [-0.05, 0) is 36.6 Å². The van der Waals surface area contributed by atoms with E-state index in [2.05, 4.69) is 16.0 Å². The van der Waals surface area contributed by atoms with Gasteiger partial charge in [0.25, 0.3) is 5.91 Å². The van der Waals surface area contributed by atoms with Crippen LogP contribution in [0.5, 0.6) is 0 Å². The second-order valence-electron chi connectivity index (χ2n) is 6.96. The van der Waals surface area contributed by atoms with Crippen LogP contribution in [-0.2, 0) is 22.7 Å². The number of carbonyl (C=O) groups is 3. The number of rotatable bonds is 5.